The Bertz CT molecular complexity index is 1350. The Balaban J connectivity index is 1.38. The minimum atomic E-state index is -1.28. The number of aliphatic hydroxyl groups is 2. The van der Waals surface area contributed by atoms with E-state index in [-0.39, 0.29) is 5.91 Å². The third-order valence-corrected chi connectivity index (χ3v) is 8.45. The second-order valence-corrected chi connectivity index (χ2v) is 11.6. The topological polar surface area (TPSA) is 187 Å². The van der Waals surface area contributed by atoms with Gasteiger partial charge in [0.15, 0.2) is 0 Å². The number of hydrogen-bond acceptors (Lipinski definition) is 9. The molecule has 2 heterocycles. The van der Waals surface area contributed by atoms with Crippen LogP contribution in [0.25, 0.3) is 10.8 Å². The van der Waals surface area contributed by atoms with Gasteiger partial charge in [-0.05, 0) is 74.4 Å². The lowest BCUT2D eigenvalue weighted by atomic mass is 10.0. The highest BCUT2D eigenvalue weighted by Gasteiger charge is 2.44. The molecule has 13 nitrogen and oxygen atoms in total. The van der Waals surface area contributed by atoms with Gasteiger partial charge in [-0.25, -0.2) is 5.43 Å². The van der Waals surface area contributed by atoms with Crippen LogP contribution in [0, 0.1) is 0 Å². The van der Waals surface area contributed by atoms with E-state index < -0.39 is 54.1 Å². The first kappa shape index (κ1) is 33.1. The summed E-state index contributed by atoms with van der Waals surface area (Å²) in [6, 6.07) is 8.05. The number of likely N-dealkylation sites (tertiary alicyclic amines) is 2. The van der Waals surface area contributed by atoms with Crippen LogP contribution in [0.3, 0.4) is 0 Å². The Labute approximate surface area is 257 Å². The van der Waals surface area contributed by atoms with Crippen LogP contribution in [0.5, 0.6) is 5.75 Å². The van der Waals surface area contributed by atoms with Gasteiger partial charge in [0.2, 0.25) is 23.6 Å². The zero-order chi connectivity index (χ0) is 32.0. The van der Waals surface area contributed by atoms with Crippen LogP contribution in [0.4, 0.5) is 0 Å². The maximum atomic E-state index is 13.7. The molecule has 6 atom stereocenters. The van der Waals surface area contributed by atoms with Gasteiger partial charge in [0.05, 0.1) is 19.3 Å². The lowest BCUT2D eigenvalue weighted by Crippen LogP contribution is -2.60. The van der Waals surface area contributed by atoms with E-state index in [0.29, 0.717) is 51.7 Å². The van der Waals surface area contributed by atoms with Crippen LogP contribution < -0.4 is 26.6 Å². The predicted molar refractivity (Wildman–Crippen MR) is 163 cm³/mol. The number of aliphatic hydroxyl groups excluding tert-OH is 2. The van der Waals surface area contributed by atoms with E-state index in [9.17, 15) is 29.4 Å². The number of nitrogens with one attached hydrogen (secondary N) is 3. The fraction of sp³-hybridized carbons (Fsp3) is 0.548. The van der Waals surface area contributed by atoms with Gasteiger partial charge >= 0.3 is 0 Å². The molecule has 240 valence electrons. The molecule has 2 aliphatic rings. The molecule has 0 radical (unpaired) electrons. The highest BCUT2D eigenvalue weighted by atomic mass is 16.5. The Morgan fingerprint density at radius 3 is 2.32 bits per heavy atom. The van der Waals surface area contributed by atoms with Crippen LogP contribution in [0.15, 0.2) is 36.4 Å². The first-order chi connectivity index (χ1) is 21.0. The minimum Gasteiger partial charge on any atom is -0.497 e. The molecular weight excluding hydrogens is 568 g/mol. The molecule has 2 fully saturated rings. The van der Waals surface area contributed by atoms with Gasteiger partial charge in [0.1, 0.15) is 29.9 Å². The summed E-state index contributed by atoms with van der Waals surface area (Å²) in [5.74, 6) is -1.46. The van der Waals surface area contributed by atoms with E-state index in [1.807, 2.05) is 36.4 Å². The molecule has 4 rings (SSSR count). The lowest BCUT2D eigenvalue weighted by molar-refractivity contribution is -0.149. The molecule has 2 aromatic carbocycles. The normalized spacial score (nSPS) is 21.1. The minimum absolute atomic E-state index is 0.324. The zero-order valence-electron chi connectivity index (χ0n) is 25.5. The molecule has 0 unspecified atom stereocenters. The van der Waals surface area contributed by atoms with Crippen molar-refractivity contribution in [2.24, 2.45) is 5.73 Å². The molecule has 4 amide bonds. The summed E-state index contributed by atoms with van der Waals surface area (Å²) in [4.78, 5) is 54.9. The monoisotopic (exact) mass is 612 g/mol. The van der Waals surface area contributed by atoms with Crippen LogP contribution in [-0.2, 0) is 25.6 Å². The molecule has 7 N–H and O–H groups in total. The van der Waals surface area contributed by atoms with Gasteiger partial charge in [-0.2, -0.15) is 0 Å². The lowest BCUT2D eigenvalue weighted by Gasteiger charge is -2.34. The van der Waals surface area contributed by atoms with Crippen LogP contribution in [0.1, 0.15) is 45.1 Å². The van der Waals surface area contributed by atoms with Crippen molar-refractivity contribution in [1.82, 2.24) is 26.0 Å². The van der Waals surface area contributed by atoms with Crippen molar-refractivity contribution in [3.05, 3.63) is 42.0 Å². The Kier molecular flexibility index (Phi) is 11.1. The number of primary amides is 1. The quantitative estimate of drug-likeness (QED) is 0.129. The number of carbonyl (C=O) groups is 4. The molecule has 0 aliphatic carbocycles. The molecule has 13 heteroatoms. The summed E-state index contributed by atoms with van der Waals surface area (Å²) in [6.45, 7) is 4.00. The molecule has 2 saturated heterocycles. The predicted octanol–water partition coefficient (Wildman–Crippen LogP) is -0.433. The highest BCUT2D eigenvalue weighted by molar-refractivity contribution is 5.95. The van der Waals surface area contributed by atoms with Gasteiger partial charge in [0, 0.05) is 19.6 Å². The summed E-state index contributed by atoms with van der Waals surface area (Å²) >= 11 is 0. The van der Waals surface area contributed by atoms with E-state index in [4.69, 9.17) is 10.5 Å². The summed E-state index contributed by atoms with van der Waals surface area (Å²) in [5, 5.41) is 25.0. The van der Waals surface area contributed by atoms with E-state index >= 15 is 0 Å². The van der Waals surface area contributed by atoms with E-state index in [1.54, 1.807) is 7.11 Å². The largest absolute Gasteiger partial charge is 0.497 e. The first-order valence-electron chi connectivity index (χ1n) is 15.1. The second kappa shape index (κ2) is 14.8. The SMILES string of the molecule is COc1ccc2cccc(CCNN[C@H](C(=O)N3CCC[C@H]3C(=O)N3CCC[C@H]3C(=O)N[C@H](C(N)=O)[C@@H](C)O)[C@@H](C)O)c2c1. The summed E-state index contributed by atoms with van der Waals surface area (Å²) in [5.41, 5.74) is 12.5. The number of nitrogens with two attached hydrogens (primary N) is 1. The number of amides is 4. The van der Waals surface area contributed by atoms with E-state index in [2.05, 4.69) is 16.2 Å². The smallest absolute Gasteiger partial charge is 0.246 e. The van der Waals surface area contributed by atoms with E-state index in [1.165, 1.54) is 23.6 Å². The zero-order valence-corrected chi connectivity index (χ0v) is 25.5. The average Bonchev–Trinajstić information content (AvgIpc) is 3.69. The number of methoxy groups -OCH3 is 1. The highest BCUT2D eigenvalue weighted by Crippen LogP contribution is 2.27. The fourth-order valence-electron chi connectivity index (χ4n) is 6.07. The average molecular weight is 613 g/mol. The van der Waals surface area contributed by atoms with Crippen LogP contribution >= 0.6 is 0 Å². The van der Waals surface area contributed by atoms with Crippen LogP contribution in [-0.4, -0.2) is 107 Å². The number of fused-ring (bicyclic) bond motifs is 1. The Morgan fingerprint density at radius 2 is 1.66 bits per heavy atom. The third kappa shape index (κ3) is 7.46. The number of carbonyl (C=O) groups excluding carboxylic acids is 4. The van der Waals surface area contributed by atoms with E-state index in [0.717, 1.165) is 22.1 Å². The Morgan fingerprint density at radius 1 is 0.977 bits per heavy atom. The maximum absolute atomic E-state index is 13.7. The van der Waals surface area contributed by atoms with Crippen molar-refractivity contribution in [3.63, 3.8) is 0 Å². The maximum Gasteiger partial charge on any atom is 0.246 e. The van der Waals surface area contributed by atoms with Crippen molar-refractivity contribution >= 4 is 34.4 Å². The molecular formula is C31H44N6O7. The van der Waals surface area contributed by atoms with Crippen molar-refractivity contribution in [2.45, 2.75) is 82.3 Å². The Hall–Kier alpha value is -3.78. The number of rotatable bonds is 13. The number of nitrogens with zero attached hydrogens (tertiary/aromatic N) is 2. The van der Waals surface area contributed by atoms with Crippen molar-refractivity contribution in [1.29, 1.82) is 0 Å². The number of hydrazine groups is 1. The van der Waals surface area contributed by atoms with Gasteiger partial charge in [-0.3, -0.25) is 24.6 Å². The second-order valence-electron chi connectivity index (χ2n) is 11.6. The van der Waals surface area contributed by atoms with Crippen molar-refractivity contribution in [2.75, 3.05) is 26.7 Å². The number of hydrogen-bond donors (Lipinski definition) is 6. The van der Waals surface area contributed by atoms with Crippen LogP contribution in [0.2, 0.25) is 0 Å². The number of ether oxygens (including phenoxy) is 1. The molecule has 2 aliphatic heterocycles. The standard InChI is InChI=1S/C31H44N6O7/c1-18(38)26(28(32)40)34-29(41)24-9-5-15-36(24)30(42)25-10-6-16-37(25)31(43)27(19(2)39)35-33-14-13-21-8-4-7-20-11-12-22(44-3)17-23(20)21/h4,7-8,11-12,17-19,24-27,33,35,38-39H,5-6,9-10,13-16H2,1-3H3,(H2,32,40)(H,34,41)/t18-,19-,24+,25+,26+,27+/m1/s1. The van der Waals surface area contributed by atoms with Crippen molar-refractivity contribution < 1.29 is 34.1 Å². The van der Waals surface area contributed by atoms with Gasteiger partial charge < -0.3 is 35.8 Å². The third-order valence-electron chi connectivity index (χ3n) is 8.45. The molecule has 44 heavy (non-hydrogen) atoms. The molecule has 0 saturated carbocycles. The molecule has 2 aromatic rings. The number of benzene rings is 2. The fourth-order valence-corrected chi connectivity index (χ4v) is 6.07. The molecule has 0 bridgehead atoms. The summed E-state index contributed by atoms with van der Waals surface area (Å²) in [7, 11) is 1.63. The first-order valence-corrected chi connectivity index (χ1v) is 15.1. The van der Waals surface area contributed by atoms with Gasteiger partial charge in [-0.1, -0.05) is 24.3 Å². The summed E-state index contributed by atoms with van der Waals surface area (Å²) in [6.07, 6.45) is 0.387. The summed E-state index contributed by atoms with van der Waals surface area (Å²) < 4.78 is 5.37. The van der Waals surface area contributed by atoms with Gasteiger partial charge in [-0.15, -0.1) is 0 Å². The van der Waals surface area contributed by atoms with Gasteiger partial charge in [0.25, 0.3) is 0 Å². The van der Waals surface area contributed by atoms with Crippen molar-refractivity contribution in [3.8, 4) is 5.75 Å². The molecule has 0 aromatic heterocycles. The molecule has 0 spiro atoms.